The van der Waals surface area contributed by atoms with E-state index < -0.39 is 0 Å². The van der Waals surface area contributed by atoms with Crippen molar-refractivity contribution in [2.45, 2.75) is 46.1 Å². The van der Waals surface area contributed by atoms with Crippen LogP contribution in [0.2, 0.25) is 0 Å². The van der Waals surface area contributed by atoms with Crippen molar-refractivity contribution in [2.75, 3.05) is 6.54 Å². The predicted molar refractivity (Wildman–Crippen MR) is 86.9 cm³/mol. The molecule has 1 atom stereocenters. The zero-order valence-corrected chi connectivity index (χ0v) is 14.6. The Morgan fingerprint density at radius 2 is 1.89 bits per heavy atom. The molecular weight excluding hydrogens is 354 g/mol. The minimum absolute atomic E-state index is 0.445. The molecule has 0 heterocycles. The maximum atomic E-state index is 3.66. The van der Waals surface area contributed by atoms with Crippen LogP contribution in [-0.4, -0.2) is 6.54 Å². The molecule has 0 amide bonds. The monoisotopic (exact) mass is 375 g/mol. The summed E-state index contributed by atoms with van der Waals surface area (Å²) in [4.78, 5) is 0. The summed E-state index contributed by atoms with van der Waals surface area (Å²) in [6, 6.07) is 6.85. The molecule has 1 nitrogen and oxygen atoms in total. The van der Waals surface area contributed by atoms with E-state index in [9.17, 15) is 0 Å². The van der Waals surface area contributed by atoms with E-state index in [0.717, 1.165) is 16.9 Å². The fourth-order valence-electron chi connectivity index (χ4n) is 2.13. The average molecular weight is 377 g/mol. The van der Waals surface area contributed by atoms with Crippen molar-refractivity contribution in [1.82, 2.24) is 5.32 Å². The first kappa shape index (κ1) is 16.2. The lowest BCUT2D eigenvalue weighted by molar-refractivity contribution is 0.454. The zero-order chi connectivity index (χ0) is 13.5. The van der Waals surface area contributed by atoms with Gasteiger partial charge in [0.15, 0.2) is 0 Å². The van der Waals surface area contributed by atoms with Gasteiger partial charge in [0.1, 0.15) is 0 Å². The van der Waals surface area contributed by atoms with Gasteiger partial charge in [-0.2, -0.15) is 0 Å². The molecule has 1 unspecified atom stereocenters. The molecule has 0 aromatic heterocycles. The van der Waals surface area contributed by atoms with Crippen molar-refractivity contribution in [3.63, 3.8) is 0 Å². The summed E-state index contributed by atoms with van der Waals surface area (Å²) >= 11 is 7.22. The molecule has 0 saturated heterocycles. The van der Waals surface area contributed by atoms with Gasteiger partial charge in [-0.25, -0.2) is 0 Å². The van der Waals surface area contributed by atoms with Crippen LogP contribution in [0.15, 0.2) is 27.1 Å². The highest BCUT2D eigenvalue weighted by atomic mass is 79.9. The summed E-state index contributed by atoms with van der Waals surface area (Å²) in [5.74, 6) is 0.790. The molecule has 18 heavy (non-hydrogen) atoms. The summed E-state index contributed by atoms with van der Waals surface area (Å²) in [7, 11) is 0. The minimum atomic E-state index is 0.445. The SMILES string of the molecule is CCNC(CCCC(C)C)c1cc(Br)ccc1Br. The zero-order valence-electron chi connectivity index (χ0n) is 11.5. The molecule has 0 saturated carbocycles. The highest BCUT2D eigenvalue weighted by molar-refractivity contribution is 9.11. The first-order valence-corrected chi connectivity index (χ1v) is 8.31. The molecule has 1 aromatic rings. The lowest BCUT2D eigenvalue weighted by atomic mass is 9.98. The third-order valence-corrected chi connectivity index (χ3v) is 4.27. The van der Waals surface area contributed by atoms with Gasteiger partial charge in [0, 0.05) is 15.0 Å². The van der Waals surface area contributed by atoms with Crippen LogP contribution in [-0.2, 0) is 0 Å². The van der Waals surface area contributed by atoms with Gasteiger partial charge in [0.2, 0.25) is 0 Å². The predicted octanol–water partition coefficient (Wildman–Crippen LogP) is 5.69. The van der Waals surface area contributed by atoms with Crippen LogP contribution < -0.4 is 5.32 Å². The van der Waals surface area contributed by atoms with Crippen molar-refractivity contribution in [3.8, 4) is 0 Å². The molecule has 0 aliphatic rings. The largest absolute Gasteiger partial charge is 0.310 e. The molecule has 0 fully saturated rings. The average Bonchev–Trinajstić information content (AvgIpc) is 2.31. The van der Waals surface area contributed by atoms with Crippen LogP contribution in [0.1, 0.15) is 51.6 Å². The minimum Gasteiger partial charge on any atom is -0.310 e. The Bertz CT molecular complexity index is 364. The van der Waals surface area contributed by atoms with Crippen LogP contribution in [0.4, 0.5) is 0 Å². The van der Waals surface area contributed by atoms with Gasteiger partial charge in [0.25, 0.3) is 0 Å². The second-order valence-electron chi connectivity index (χ2n) is 5.10. The second-order valence-corrected chi connectivity index (χ2v) is 6.87. The Labute approximate surface area is 128 Å². The number of halogens is 2. The highest BCUT2D eigenvalue weighted by Gasteiger charge is 2.13. The summed E-state index contributed by atoms with van der Waals surface area (Å²) in [5.41, 5.74) is 1.36. The van der Waals surface area contributed by atoms with E-state index in [4.69, 9.17) is 0 Å². The molecule has 3 heteroatoms. The van der Waals surface area contributed by atoms with E-state index in [0.29, 0.717) is 6.04 Å². The van der Waals surface area contributed by atoms with E-state index >= 15 is 0 Å². The normalized spacial score (nSPS) is 13.0. The first-order chi connectivity index (χ1) is 8.54. The number of hydrogen-bond donors (Lipinski definition) is 1. The van der Waals surface area contributed by atoms with Gasteiger partial charge in [-0.3, -0.25) is 0 Å². The molecular formula is C15H23Br2N. The second kappa shape index (κ2) is 8.34. The van der Waals surface area contributed by atoms with Crippen molar-refractivity contribution in [2.24, 2.45) is 5.92 Å². The fraction of sp³-hybridized carbons (Fsp3) is 0.600. The summed E-state index contributed by atoms with van der Waals surface area (Å²) in [6.45, 7) is 7.75. The number of nitrogens with one attached hydrogen (secondary N) is 1. The van der Waals surface area contributed by atoms with Gasteiger partial charge in [-0.1, -0.05) is 65.5 Å². The van der Waals surface area contributed by atoms with E-state index in [-0.39, 0.29) is 0 Å². The van der Waals surface area contributed by atoms with Gasteiger partial charge in [-0.05, 0) is 42.6 Å². The third-order valence-electron chi connectivity index (χ3n) is 3.06. The number of hydrogen-bond acceptors (Lipinski definition) is 1. The van der Waals surface area contributed by atoms with Crippen molar-refractivity contribution in [3.05, 3.63) is 32.7 Å². The van der Waals surface area contributed by atoms with Gasteiger partial charge in [-0.15, -0.1) is 0 Å². The Morgan fingerprint density at radius 1 is 1.17 bits per heavy atom. The maximum Gasteiger partial charge on any atom is 0.0331 e. The lowest BCUT2D eigenvalue weighted by Crippen LogP contribution is -2.21. The summed E-state index contributed by atoms with van der Waals surface area (Å²) < 4.78 is 2.34. The van der Waals surface area contributed by atoms with Gasteiger partial charge in [0.05, 0.1) is 0 Å². The van der Waals surface area contributed by atoms with Crippen LogP contribution in [0.3, 0.4) is 0 Å². The molecule has 1 aromatic carbocycles. The standard InChI is InChI=1S/C15H23Br2N/c1-4-18-15(7-5-6-11(2)3)13-10-12(16)8-9-14(13)17/h8-11,15,18H,4-7H2,1-3H3. The highest BCUT2D eigenvalue weighted by Crippen LogP contribution is 2.30. The quantitative estimate of drug-likeness (QED) is 0.644. The molecule has 0 bridgehead atoms. The van der Waals surface area contributed by atoms with Crippen LogP contribution in [0.25, 0.3) is 0 Å². The smallest absolute Gasteiger partial charge is 0.0331 e. The third kappa shape index (κ3) is 5.41. The maximum absolute atomic E-state index is 3.66. The van der Waals surface area contributed by atoms with Crippen LogP contribution in [0, 0.1) is 5.92 Å². The fourth-order valence-corrected chi connectivity index (χ4v) is 3.03. The van der Waals surface area contributed by atoms with Crippen LogP contribution in [0.5, 0.6) is 0 Å². The molecule has 1 rings (SSSR count). The molecule has 0 aliphatic heterocycles. The summed E-state index contributed by atoms with van der Waals surface area (Å²) in [6.07, 6.45) is 3.77. The Kier molecular flexibility index (Phi) is 7.50. The van der Waals surface area contributed by atoms with E-state index in [2.05, 4.69) is 76.1 Å². The molecule has 1 N–H and O–H groups in total. The molecule has 102 valence electrons. The lowest BCUT2D eigenvalue weighted by Gasteiger charge is -2.20. The van der Waals surface area contributed by atoms with E-state index in [1.165, 1.54) is 29.3 Å². The van der Waals surface area contributed by atoms with Crippen LogP contribution >= 0.6 is 31.9 Å². The Morgan fingerprint density at radius 3 is 2.50 bits per heavy atom. The number of benzene rings is 1. The van der Waals surface area contributed by atoms with Crippen molar-refractivity contribution < 1.29 is 0 Å². The van der Waals surface area contributed by atoms with E-state index in [1.54, 1.807) is 0 Å². The molecule has 0 spiro atoms. The Hall–Kier alpha value is 0.140. The first-order valence-electron chi connectivity index (χ1n) is 6.73. The van der Waals surface area contributed by atoms with Crippen molar-refractivity contribution >= 4 is 31.9 Å². The topological polar surface area (TPSA) is 12.0 Å². The van der Waals surface area contributed by atoms with E-state index in [1.807, 2.05) is 0 Å². The number of rotatable bonds is 7. The Balaban J connectivity index is 2.73. The van der Waals surface area contributed by atoms with Gasteiger partial charge >= 0.3 is 0 Å². The van der Waals surface area contributed by atoms with Gasteiger partial charge < -0.3 is 5.32 Å². The summed E-state index contributed by atoms with van der Waals surface area (Å²) in [5, 5.41) is 3.59. The molecule has 0 aliphatic carbocycles. The van der Waals surface area contributed by atoms with Crippen molar-refractivity contribution in [1.29, 1.82) is 0 Å². The molecule has 0 radical (unpaired) electrons.